The summed E-state index contributed by atoms with van der Waals surface area (Å²) in [5, 5.41) is 3.59. The van der Waals surface area contributed by atoms with E-state index in [9.17, 15) is 0 Å². The van der Waals surface area contributed by atoms with E-state index >= 15 is 0 Å². The van der Waals surface area contributed by atoms with E-state index in [1.54, 1.807) is 19.5 Å². The molecule has 0 atom stereocenters. The minimum atomic E-state index is 0.546. The average Bonchev–Trinajstić information content (AvgIpc) is 2.41. The van der Waals surface area contributed by atoms with Gasteiger partial charge < -0.3 is 9.47 Å². The van der Waals surface area contributed by atoms with Crippen molar-refractivity contribution in [2.24, 2.45) is 5.10 Å². The highest BCUT2D eigenvalue weighted by atomic mass is 16.5. The van der Waals surface area contributed by atoms with Crippen LogP contribution in [-0.4, -0.2) is 26.5 Å². The van der Waals surface area contributed by atoms with Crippen molar-refractivity contribution in [3.63, 3.8) is 0 Å². The summed E-state index contributed by atoms with van der Waals surface area (Å²) in [4.78, 5) is 0. The van der Waals surface area contributed by atoms with Gasteiger partial charge in [-0.1, -0.05) is 0 Å². The van der Waals surface area contributed by atoms with Crippen molar-refractivity contribution < 1.29 is 9.47 Å². The molecule has 0 N–H and O–H groups in total. The highest BCUT2D eigenvalue weighted by Gasteiger charge is 1.98. The lowest BCUT2D eigenvalue weighted by molar-refractivity contribution is 0.117. The average molecular weight is 141 g/mol. The molecule has 0 amide bonds. The number of hydrogen-bond donors (Lipinski definition) is 0. The quantitative estimate of drug-likeness (QED) is 0.521. The Labute approximate surface area is 59.5 Å². The lowest BCUT2D eigenvalue weighted by Crippen LogP contribution is -2.01. The number of nitrogens with zero attached hydrogens (tertiary/aromatic N) is 2. The van der Waals surface area contributed by atoms with E-state index in [-0.39, 0.29) is 0 Å². The van der Waals surface area contributed by atoms with E-state index in [4.69, 9.17) is 9.47 Å². The Balaban J connectivity index is 2.08. The number of ether oxygens (including phenoxy) is 2. The SMILES string of the molecule is COCCOC1=C[N]N=C1. The molecule has 0 bridgehead atoms. The largest absolute Gasteiger partial charge is 0.488 e. The van der Waals surface area contributed by atoms with Gasteiger partial charge in [-0.3, -0.25) is 0 Å². The molecule has 1 aliphatic rings. The van der Waals surface area contributed by atoms with Gasteiger partial charge in [0.2, 0.25) is 0 Å². The van der Waals surface area contributed by atoms with Crippen molar-refractivity contribution >= 4 is 6.21 Å². The second kappa shape index (κ2) is 3.90. The van der Waals surface area contributed by atoms with Gasteiger partial charge in [0, 0.05) is 7.11 Å². The fourth-order valence-corrected chi connectivity index (χ4v) is 0.531. The van der Waals surface area contributed by atoms with E-state index in [0.717, 1.165) is 0 Å². The summed E-state index contributed by atoms with van der Waals surface area (Å²) < 4.78 is 9.91. The van der Waals surface area contributed by atoms with Crippen molar-refractivity contribution in [2.75, 3.05) is 20.3 Å². The second-order valence-corrected chi connectivity index (χ2v) is 1.73. The number of hydrogen-bond acceptors (Lipinski definition) is 3. The van der Waals surface area contributed by atoms with Crippen LogP contribution >= 0.6 is 0 Å². The van der Waals surface area contributed by atoms with Crippen LogP contribution in [0.3, 0.4) is 0 Å². The normalized spacial score (nSPS) is 14.7. The van der Waals surface area contributed by atoms with Crippen LogP contribution < -0.4 is 5.43 Å². The number of rotatable bonds is 4. The Bertz CT molecular complexity index is 154. The zero-order valence-electron chi connectivity index (χ0n) is 5.78. The molecular formula is C6H9N2O2. The van der Waals surface area contributed by atoms with Gasteiger partial charge in [0.15, 0.2) is 5.76 Å². The van der Waals surface area contributed by atoms with E-state index in [1.807, 2.05) is 0 Å². The molecule has 0 aliphatic carbocycles. The Morgan fingerprint density at radius 1 is 1.50 bits per heavy atom. The maximum atomic E-state index is 5.14. The van der Waals surface area contributed by atoms with Crippen molar-refractivity contribution in [2.45, 2.75) is 0 Å². The monoisotopic (exact) mass is 141 g/mol. The van der Waals surface area contributed by atoms with Crippen LogP contribution in [0, 0.1) is 0 Å². The molecule has 0 spiro atoms. The first-order chi connectivity index (χ1) is 4.93. The third-order valence-corrected chi connectivity index (χ3v) is 0.993. The molecule has 1 rings (SSSR count). The Morgan fingerprint density at radius 3 is 3.00 bits per heavy atom. The molecule has 4 nitrogen and oxygen atoms in total. The zero-order chi connectivity index (χ0) is 7.23. The Hall–Kier alpha value is -1.03. The minimum Gasteiger partial charge on any atom is -0.488 e. The molecule has 0 saturated carbocycles. The number of allylic oxidation sites excluding steroid dienone is 1. The topological polar surface area (TPSA) is 44.9 Å². The van der Waals surface area contributed by atoms with Crippen LogP contribution in [-0.2, 0) is 9.47 Å². The van der Waals surface area contributed by atoms with Crippen molar-refractivity contribution in [3.05, 3.63) is 12.0 Å². The van der Waals surface area contributed by atoms with Gasteiger partial charge in [0.25, 0.3) is 0 Å². The first-order valence-corrected chi connectivity index (χ1v) is 2.98. The molecule has 0 aromatic carbocycles. The molecule has 0 aromatic rings. The van der Waals surface area contributed by atoms with Gasteiger partial charge >= 0.3 is 0 Å². The maximum Gasteiger partial charge on any atom is 0.159 e. The maximum absolute atomic E-state index is 5.14. The van der Waals surface area contributed by atoms with Gasteiger partial charge in [0.05, 0.1) is 19.0 Å². The Kier molecular flexibility index (Phi) is 2.76. The smallest absolute Gasteiger partial charge is 0.159 e. The van der Waals surface area contributed by atoms with Gasteiger partial charge in [-0.15, -0.1) is 0 Å². The molecular weight excluding hydrogens is 132 g/mol. The van der Waals surface area contributed by atoms with Crippen LogP contribution in [0.2, 0.25) is 0 Å². The molecule has 10 heavy (non-hydrogen) atoms. The molecule has 0 aromatic heterocycles. The number of methoxy groups -OCH3 is 1. The lowest BCUT2D eigenvalue weighted by Gasteiger charge is -2.00. The van der Waals surface area contributed by atoms with E-state index in [0.29, 0.717) is 19.0 Å². The summed E-state index contributed by atoms with van der Waals surface area (Å²) in [5.74, 6) is 0.692. The third-order valence-electron chi connectivity index (χ3n) is 0.993. The molecule has 4 heteroatoms. The third kappa shape index (κ3) is 2.06. The van der Waals surface area contributed by atoms with Crippen molar-refractivity contribution in [1.29, 1.82) is 0 Å². The van der Waals surface area contributed by atoms with Crippen LogP contribution in [0.1, 0.15) is 0 Å². The van der Waals surface area contributed by atoms with E-state index in [1.165, 1.54) is 0 Å². The van der Waals surface area contributed by atoms with Gasteiger partial charge in [0.1, 0.15) is 6.61 Å². The minimum absolute atomic E-state index is 0.546. The summed E-state index contributed by atoms with van der Waals surface area (Å²) >= 11 is 0. The van der Waals surface area contributed by atoms with Crippen molar-refractivity contribution in [1.82, 2.24) is 5.43 Å². The molecule has 1 heterocycles. The van der Waals surface area contributed by atoms with Crippen LogP contribution in [0.5, 0.6) is 0 Å². The predicted molar refractivity (Wildman–Crippen MR) is 36.5 cm³/mol. The molecule has 0 unspecified atom stereocenters. The van der Waals surface area contributed by atoms with Gasteiger partial charge in [-0.05, 0) is 0 Å². The highest BCUT2D eigenvalue weighted by molar-refractivity contribution is 5.77. The van der Waals surface area contributed by atoms with Crippen LogP contribution in [0.15, 0.2) is 17.1 Å². The zero-order valence-corrected chi connectivity index (χ0v) is 5.78. The fraction of sp³-hybridized carbons (Fsp3) is 0.500. The summed E-state index contributed by atoms with van der Waals surface area (Å²) in [6, 6.07) is 0. The molecule has 0 saturated heterocycles. The van der Waals surface area contributed by atoms with E-state index in [2.05, 4.69) is 10.5 Å². The second-order valence-electron chi connectivity index (χ2n) is 1.73. The van der Waals surface area contributed by atoms with Crippen LogP contribution in [0.25, 0.3) is 0 Å². The first-order valence-electron chi connectivity index (χ1n) is 2.98. The first kappa shape index (κ1) is 7.08. The molecule has 55 valence electrons. The summed E-state index contributed by atoms with van der Waals surface area (Å²) in [6.45, 7) is 1.13. The summed E-state index contributed by atoms with van der Waals surface area (Å²) in [6.07, 6.45) is 3.13. The summed E-state index contributed by atoms with van der Waals surface area (Å²) in [7, 11) is 1.63. The van der Waals surface area contributed by atoms with Gasteiger partial charge in [-0.2, -0.15) is 10.5 Å². The summed E-state index contributed by atoms with van der Waals surface area (Å²) in [5.41, 5.74) is 3.59. The molecule has 0 fully saturated rings. The molecule has 1 radical (unpaired) electrons. The molecule has 1 aliphatic heterocycles. The highest BCUT2D eigenvalue weighted by Crippen LogP contribution is 1.97. The Morgan fingerprint density at radius 2 is 2.40 bits per heavy atom. The van der Waals surface area contributed by atoms with Crippen LogP contribution in [0.4, 0.5) is 0 Å². The standard InChI is InChI=1S/C6H9N2O2/c1-9-2-3-10-6-4-7-8-5-6/h4-5H,2-3H2,1H3. The van der Waals surface area contributed by atoms with Crippen molar-refractivity contribution in [3.8, 4) is 0 Å². The fourth-order valence-electron chi connectivity index (χ4n) is 0.531. The lowest BCUT2D eigenvalue weighted by atomic mass is 10.6. The predicted octanol–water partition coefficient (Wildman–Crippen LogP) is 0.0946. The van der Waals surface area contributed by atoms with E-state index < -0.39 is 0 Å². The van der Waals surface area contributed by atoms with Gasteiger partial charge in [-0.25, -0.2) is 0 Å².